The standard InChI is InChI=1S/C13H19N/c1-11(2)5-6-12-7-9-13(10-8-12)14(3)4/h5-11H,1-4H3. The molecule has 14 heavy (non-hydrogen) atoms. The van der Waals surface area contributed by atoms with E-state index in [1.165, 1.54) is 11.3 Å². The molecular formula is C13H19N. The number of hydrogen-bond donors (Lipinski definition) is 0. The first-order valence-electron chi connectivity index (χ1n) is 5.05. The molecule has 0 bridgehead atoms. The number of hydrogen-bond acceptors (Lipinski definition) is 1. The second-order valence-corrected chi connectivity index (χ2v) is 4.09. The smallest absolute Gasteiger partial charge is 0.0361 e. The van der Waals surface area contributed by atoms with Gasteiger partial charge in [0.2, 0.25) is 0 Å². The van der Waals surface area contributed by atoms with Crippen molar-refractivity contribution in [1.29, 1.82) is 0 Å². The summed E-state index contributed by atoms with van der Waals surface area (Å²) in [7, 11) is 4.11. The van der Waals surface area contributed by atoms with Gasteiger partial charge in [-0.2, -0.15) is 0 Å². The maximum absolute atomic E-state index is 2.21. The molecule has 0 aliphatic rings. The van der Waals surface area contributed by atoms with Crippen LogP contribution in [-0.2, 0) is 0 Å². The van der Waals surface area contributed by atoms with Crippen molar-refractivity contribution in [1.82, 2.24) is 0 Å². The molecule has 1 aromatic carbocycles. The first kappa shape index (κ1) is 10.8. The van der Waals surface area contributed by atoms with Gasteiger partial charge in [-0.05, 0) is 23.6 Å². The predicted octanol–water partition coefficient (Wildman–Crippen LogP) is 3.42. The lowest BCUT2D eigenvalue weighted by Crippen LogP contribution is -2.07. The fraction of sp³-hybridized carbons (Fsp3) is 0.385. The van der Waals surface area contributed by atoms with Gasteiger partial charge in [0.1, 0.15) is 0 Å². The number of nitrogens with zero attached hydrogens (tertiary/aromatic N) is 1. The maximum atomic E-state index is 2.21. The number of rotatable bonds is 3. The van der Waals surface area contributed by atoms with E-state index >= 15 is 0 Å². The zero-order chi connectivity index (χ0) is 10.6. The molecule has 76 valence electrons. The second kappa shape index (κ2) is 4.85. The van der Waals surface area contributed by atoms with Gasteiger partial charge in [0.25, 0.3) is 0 Å². The maximum Gasteiger partial charge on any atom is 0.0361 e. The van der Waals surface area contributed by atoms with Crippen molar-refractivity contribution in [2.24, 2.45) is 5.92 Å². The summed E-state index contributed by atoms with van der Waals surface area (Å²) in [4.78, 5) is 2.11. The highest BCUT2D eigenvalue weighted by Crippen LogP contribution is 2.13. The van der Waals surface area contributed by atoms with Gasteiger partial charge in [-0.3, -0.25) is 0 Å². The van der Waals surface area contributed by atoms with Gasteiger partial charge in [-0.1, -0.05) is 38.1 Å². The molecule has 0 heterocycles. The van der Waals surface area contributed by atoms with Crippen molar-refractivity contribution < 1.29 is 0 Å². The summed E-state index contributed by atoms with van der Waals surface area (Å²) in [6.07, 6.45) is 4.38. The highest BCUT2D eigenvalue weighted by Gasteiger charge is 1.93. The lowest BCUT2D eigenvalue weighted by molar-refractivity contribution is 0.836. The van der Waals surface area contributed by atoms with Crippen LogP contribution < -0.4 is 4.90 Å². The average Bonchev–Trinajstić information content (AvgIpc) is 2.15. The topological polar surface area (TPSA) is 3.24 Å². The fourth-order valence-corrected chi connectivity index (χ4v) is 1.19. The van der Waals surface area contributed by atoms with Crippen molar-refractivity contribution in [3.05, 3.63) is 35.9 Å². The van der Waals surface area contributed by atoms with E-state index < -0.39 is 0 Å². The van der Waals surface area contributed by atoms with Crippen LogP contribution in [0.5, 0.6) is 0 Å². The molecule has 1 rings (SSSR count). The van der Waals surface area contributed by atoms with E-state index in [1.54, 1.807) is 0 Å². The van der Waals surface area contributed by atoms with Gasteiger partial charge in [0.05, 0.1) is 0 Å². The van der Waals surface area contributed by atoms with Crippen molar-refractivity contribution in [2.45, 2.75) is 13.8 Å². The third-order valence-corrected chi connectivity index (χ3v) is 2.08. The van der Waals surface area contributed by atoms with E-state index in [4.69, 9.17) is 0 Å². The van der Waals surface area contributed by atoms with Crippen molar-refractivity contribution >= 4 is 11.8 Å². The molecule has 0 amide bonds. The number of benzene rings is 1. The van der Waals surface area contributed by atoms with Crippen LogP contribution >= 0.6 is 0 Å². The Morgan fingerprint density at radius 2 is 1.64 bits per heavy atom. The quantitative estimate of drug-likeness (QED) is 0.704. The summed E-state index contributed by atoms with van der Waals surface area (Å²) in [5, 5.41) is 0. The third-order valence-electron chi connectivity index (χ3n) is 2.08. The van der Waals surface area contributed by atoms with Crippen molar-refractivity contribution in [2.75, 3.05) is 19.0 Å². The van der Waals surface area contributed by atoms with Gasteiger partial charge in [0.15, 0.2) is 0 Å². The molecule has 0 spiro atoms. The highest BCUT2D eigenvalue weighted by atomic mass is 15.1. The van der Waals surface area contributed by atoms with E-state index in [0.717, 1.165) is 0 Å². The molecule has 1 nitrogen and oxygen atoms in total. The minimum absolute atomic E-state index is 0.614. The van der Waals surface area contributed by atoms with E-state index in [-0.39, 0.29) is 0 Å². The molecule has 0 atom stereocenters. The van der Waals surface area contributed by atoms with Crippen molar-refractivity contribution in [3.8, 4) is 0 Å². The van der Waals surface area contributed by atoms with E-state index in [1.807, 2.05) is 0 Å². The van der Waals surface area contributed by atoms with Crippen molar-refractivity contribution in [3.63, 3.8) is 0 Å². The minimum atomic E-state index is 0.614. The molecule has 0 aliphatic carbocycles. The Labute approximate surface area is 87.1 Å². The van der Waals surface area contributed by atoms with E-state index in [9.17, 15) is 0 Å². The van der Waals surface area contributed by atoms with Crippen LogP contribution in [0, 0.1) is 5.92 Å². The van der Waals surface area contributed by atoms with Crippen LogP contribution in [0.25, 0.3) is 6.08 Å². The third kappa shape index (κ3) is 3.25. The molecule has 0 saturated carbocycles. The second-order valence-electron chi connectivity index (χ2n) is 4.09. The summed E-state index contributed by atoms with van der Waals surface area (Å²) in [6.45, 7) is 4.37. The normalized spacial score (nSPS) is 11.2. The van der Waals surface area contributed by atoms with Crippen LogP contribution in [0.1, 0.15) is 19.4 Å². The van der Waals surface area contributed by atoms with Gasteiger partial charge >= 0.3 is 0 Å². The molecule has 0 fully saturated rings. The number of anilines is 1. The Morgan fingerprint density at radius 3 is 2.07 bits per heavy atom. The molecular weight excluding hydrogens is 170 g/mol. The highest BCUT2D eigenvalue weighted by molar-refractivity contribution is 5.55. The van der Waals surface area contributed by atoms with Gasteiger partial charge in [-0.15, -0.1) is 0 Å². The summed E-state index contributed by atoms with van der Waals surface area (Å²) in [6, 6.07) is 8.57. The van der Waals surface area contributed by atoms with Crippen LogP contribution in [0.15, 0.2) is 30.3 Å². The first-order chi connectivity index (χ1) is 6.59. The summed E-state index contributed by atoms with van der Waals surface area (Å²) >= 11 is 0. The number of allylic oxidation sites excluding steroid dienone is 1. The van der Waals surface area contributed by atoms with Gasteiger partial charge < -0.3 is 4.90 Å². The Bertz CT molecular complexity index is 294. The van der Waals surface area contributed by atoms with Crippen LogP contribution in [0.3, 0.4) is 0 Å². The zero-order valence-electron chi connectivity index (χ0n) is 9.49. The molecule has 0 radical (unpaired) electrons. The Morgan fingerprint density at radius 1 is 1.07 bits per heavy atom. The largest absolute Gasteiger partial charge is 0.378 e. The molecule has 0 unspecified atom stereocenters. The molecule has 1 aromatic rings. The Hall–Kier alpha value is -1.24. The predicted molar refractivity (Wildman–Crippen MR) is 64.6 cm³/mol. The zero-order valence-corrected chi connectivity index (χ0v) is 9.49. The Balaban J connectivity index is 2.73. The molecule has 0 aliphatic heterocycles. The lowest BCUT2D eigenvalue weighted by Gasteiger charge is -2.11. The minimum Gasteiger partial charge on any atom is -0.378 e. The monoisotopic (exact) mass is 189 g/mol. The van der Waals surface area contributed by atoms with Gasteiger partial charge in [-0.25, -0.2) is 0 Å². The molecule has 1 heteroatoms. The lowest BCUT2D eigenvalue weighted by atomic mass is 10.1. The Kier molecular flexibility index (Phi) is 3.75. The summed E-state index contributed by atoms with van der Waals surface area (Å²) in [5.74, 6) is 0.614. The van der Waals surface area contributed by atoms with Crippen LogP contribution in [0.2, 0.25) is 0 Å². The van der Waals surface area contributed by atoms with Crippen LogP contribution in [0.4, 0.5) is 5.69 Å². The first-order valence-corrected chi connectivity index (χ1v) is 5.05. The molecule has 0 aromatic heterocycles. The van der Waals surface area contributed by atoms with Crippen LogP contribution in [-0.4, -0.2) is 14.1 Å². The van der Waals surface area contributed by atoms with Gasteiger partial charge in [0, 0.05) is 19.8 Å². The summed E-state index contributed by atoms with van der Waals surface area (Å²) < 4.78 is 0. The fourth-order valence-electron chi connectivity index (χ4n) is 1.19. The average molecular weight is 189 g/mol. The SMILES string of the molecule is CC(C)C=Cc1ccc(N(C)C)cc1. The van der Waals surface area contributed by atoms with E-state index in [2.05, 4.69) is 69.3 Å². The molecule has 0 saturated heterocycles. The summed E-state index contributed by atoms with van der Waals surface area (Å²) in [5.41, 5.74) is 2.51. The van der Waals surface area contributed by atoms with E-state index in [0.29, 0.717) is 5.92 Å². The molecule has 0 N–H and O–H groups in total.